The maximum atomic E-state index is 12.8. The van der Waals surface area contributed by atoms with Crippen LogP contribution in [0.5, 0.6) is 0 Å². The van der Waals surface area contributed by atoms with Crippen molar-refractivity contribution in [1.29, 1.82) is 0 Å². The molecule has 2 N–H and O–H groups in total. The fraction of sp³-hybridized carbons (Fsp3) is 0.625. The van der Waals surface area contributed by atoms with E-state index < -0.39 is 22.0 Å². The highest BCUT2D eigenvalue weighted by Gasteiger charge is 2.31. The molecule has 33 heavy (non-hydrogen) atoms. The van der Waals surface area contributed by atoms with Gasteiger partial charge in [-0.3, -0.25) is 4.79 Å². The summed E-state index contributed by atoms with van der Waals surface area (Å²) < 4.78 is 15.6. The van der Waals surface area contributed by atoms with Crippen LogP contribution in [0.2, 0.25) is 0 Å². The Bertz CT molecular complexity index is 837. The topological polar surface area (TPSA) is 103 Å². The number of amidine groups is 1. The summed E-state index contributed by atoms with van der Waals surface area (Å²) in [6.45, 7) is 18.8. The fourth-order valence-electron chi connectivity index (χ4n) is 2.35. The van der Waals surface area contributed by atoms with Crippen molar-refractivity contribution in [2.24, 2.45) is 16.8 Å². The summed E-state index contributed by atoms with van der Waals surface area (Å²) in [5.74, 6) is -0.0134. The largest absolute Gasteiger partial charge is 0.464 e. The zero-order valence-electron chi connectivity index (χ0n) is 21.5. The van der Waals surface area contributed by atoms with Gasteiger partial charge in [-0.25, -0.2) is 4.79 Å². The van der Waals surface area contributed by atoms with E-state index in [4.69, 9.17) is 19.9 Å². The van der Waals surface area contributed by atoms with Crippen LogP contribution in [0.1, 0.15) is 69.2 Å². The van der Waals surface area contributed by atoms with Crippen LogP contribution in [-0.2, 0) is 19.0 Å². The minimum Gasteiger partial charge on any atom is -0.464 e. The predicted octanol–water partition coefficient (Wildman–Crippen LogP) is 5.54. The van der Waals surface area contributed by atoms with Crippen LogP contribution >= 0.6 is 11.8 Å². The molecule has 0 spiro atoms. The van der Waals surface area contributed by atoms with Gasteiger partial charge in [0.2, 0.25) is 0 Å². The number of ether oxygens (including phenoxy) is 3. The van der Waals surface area contributed by atoms with E-state index in [1.807, 2.05) is 48.5 Å². The van der Waals surface area contributed by atoms with Gasteiger partial charge in [0.1, 0.15) is 15.9 Å². The van der Waals surface area contributed by atoms with Gasteiger partial charge in [-0.05, 0) is 85.6 Å². The molecular formula is C24H39N3O5S. The van der Waals surface area contributed by atoms with Crippen molar-refractivity contribution in [3.05, 3.63) is 24.3 Å². The van der Waals surface area contributed by atoms with E-state index in [0.717, 1.165) is 9.90 Å². The molecule has 1 aromatic rings. The van der Waals surface area contributed by atoms with Gasteiger partial charge >= 0.3 is 18.1 Å². The average molecular weight is 482 g/mol. The summed E-state index contributed by atoms with van der Waals surface area (Å²) >= 11 is 1.37. The number of benzene rings is 1. The molecule has 0 heterocycles. The highest BCUT2D eigenvalue weighted by molar-refractivity contribution is 8.01. The number of carbonyl (C=O) groups is 2. The smallest absolute Gasteiger partial charge is 0.435 e. The summed E-state index contributed by atoms with van der Waals surface area (Å²) in [5, 5.41) is 5.20. The number of hydrogen-bond donors (Lipinski definition) is 1. The quantitative estimate of drug-likeness (QED) is 0.179. The van der Waals surface area contributed by atoms with Gasteiger partial charge in [0.25, 0.3) is 0 Å². The monoisotopic (exact) mass is 481 g/mol. The molecule has 0 aliphatic heterocycles. The van der Waals surface area contributed by atoms with Crippen molar-refractivity contribution >= 4 is 35.5 Å². The van der Waals surface area contributed by atoms with Crippen LogP contribution in [0.15, 0.2) is 34.3 Å². The van der Waals surface area contributed by atoms with Crippen molar-refractivity contribution in [3.8, 4) is 0 Å². The number of rotatable bonds is 7. The lowest BCUT2D eigenvalue weighted by Gasteiger charge is -2.26. The Balaban J connectivity index is 3.12. The second kappa shape index (κ2) is 11.1. The third-order valence-corrected chi connectivity index (χ3v) is 4.85. The van der Waals surface area contributed by atoms with Crippen molar-refractivity contribution in [1.82, 2.24) is 0 Å². The van der Waals surface area contributed by atoms with Crippen LogP contribution < -0.4 is 10.7 Å². The molecule has 1 rings (SSSR count). The normalized spacial score (nSPS) is 13.0. The lowest BCUT2D eigenvalue weighted by Crippen LogP contribution is -2.37. The molecule has 0 saturated carbocycles. The summed E-state index contributed by atoms with van der Waals surface area (Å²) in [6, 6.07) is 6.84. The number of amides is 1. The van der Waals surface area contributed by atoms with E-state index in [1.54, 1.807) is 45.0 Å². The molecule has 0 atom stereocenters. The second-order valence-corrected chi connectivity index (χ2v) is 12.2. The number of hydrogen-bond acceptors (Lipinski definition) is 7. The van der Waals surface area contributed by atoms with E-state index in [0.29, 0.717) is 12.3 Å². The van der Waals surface area contributed by atoms with Crippen LogP contribution in [0.3, 0.4) is 0 Å². The van der Waals surface area contributed by atoms with E-state index >= 15 is 0 Å². The number of thioether (sulfide) groups is 1. The summed E-state index contributed by atoms with van der Waals surface area (Å²) in [4.78, 5) is 26.1. The Kier molecular flexibility index (Phi) is 9.66. The maximum Gasteiger partial charge on any atom is 0.435 e. The van der Waals surface area contributed by atoms with E-state index in [9.17, 15) is 9.59 Å². The van der Waals surface area contributed by atoms with Crippen molar-refractivity contribution < 1.29 is 23.8 Å². The third-order valence-electron chi connectivity index (χ3n) is 3.67. The first-order valence-corrected chi connectivity index (χ1v) is 11.7. The van der Waals surface area contributed by atoms with Gasteiger partial charge in [0.15, 0.2) is 0 Å². The lowest BCUT2D eigenvalue weighted by atomic mass is 10.2. The Labute approximate surface area is 202 Å². The predicted molar refractivity (Wildman–Crippen MR) is 133 cm³/mol. The molecule has 186 valence electrons. The van der Waals surface area contributed by atoms with Gasteiger partial charge in [-0.1, -0.05) is 13.8 Å². The Hall–Kier alpha value is -2.42. The molecule has 0 unspecified atom stereocenters. The number of carbonyl (C=O) groups excluding carboxylic acids is 2. The highest BCUT2D eigenvalue weighted by Crippen LogP contribution is 2.35. The van der Waals surface area contributed by atoms with Crippen molar-refractivity contribution in [2.45, 2.75) is 90.1 Å². The molecule has 0 saturated heterocycles. The number of esters is 1. The maximum absolute atomic E-state index is 12.8. The fourth-order valence-corrected chi connectivity index (χ4v) is 3.35. The number of nitrogens with zero attached hydrogens (tertiary/aromatic N) is 2. The lowest BCUT2D eigenvalue weighted by molar-refractivity contribution is -0.146. The summed E-state index contributed by atoms with van der Waals surface area (Å²) in [6.07, 6.45) is -0.694. The molecule has 0 bridgehead atoms. The Morgan fingerprint density at radius 2 is 1.48 bits per heavy atom. The standard InChI is InChI=1S/C24H39N3O5S/c1-16(2)15-30-19(28)24(9,10)33-18-13-11-17(12-14-18)27(21(29)32-23(6,7)8)26-20(25)31-22(3,4)5/h11-14,16H,15H2,1-10H3,(H2,25,26). The number of anilines is 1. The molecule has 1 aromatic carbocycles. The van der Waals surface area contributed by atoms with Crippen LogP contribution in [0.25, 0.3) is 0 Å². The molecule has 8 nitrogen and oxygen atoms in total. The Morgan fingerprint density at radius 1 is 0.970 bits per heavy atom. The first-order valence-electron chi connectivity index (χ1n) is 10.9. The van der Waals surface area contributed by atoms with E-state index in [2.05, 4.69) is 5.10 Å². The van der Waals surface area contributed by atoms with E-state index in [1.165, 1.54) is 11.8 Å². The molecule has 0 fully saturated rings. The Morgan fingerprint density at radius 3 is 1.94 bits per heavy atom. The SMILES string of the molecule is CC(C)COC(=O)C(C)(C)Sc1ccc(N(N=C(N)OC(C)(C)C)C(=O)OC(C)(C)C)cc1. The van der Waals surface area contributed by atoms with Crippen LogP contribution in [0, 0.1) is 5.92 Å². The average Bonchev–Trinajstić information content (AvgIpc) is 2.61. The molecule has 0 radical (unpaired) electrons. The van der Waals surface area contributed by atoms with Gasteiger partial charge in [0.05, 0.1) is 12.3 Å². The van der Waals surface area contributed by atoms with Crippen molar-refractivity contribution in [3.63, 3.8) is 0 Å². The second-order valence-electron chi connectivity index (χ2n) is 10.5. The van der Waals surface area contributed by atoms with Gasteiger partial charge in [-0.15, -0.1) is 16.9 Å². The van der Waals surface area contributed by atoms with Gasteiger partial charge in [-0.2, -0.15) is 5.01 Å². The summed E-state index contributed by atoms with van der Waals surface area (Å²) in [5.41, 5.74) is 5.06. The third kappa shape index (κ3) is 10.8. The molecule has 0 aliphatic rings. The van der Waals surface area contributed by atoms with Crippen LogP contribution in [-0.4, -0.2) is 40.6 Å². The molecular weight excluding hydrogens is 442 g/mol. The molecule has 9 heteroatoms. The first-order chi connectivity index (χ1) is 14.9. The summed E-state index contributed by atoms with van der Waals surface area (Å²) in [7, 11) is 0. The van der Waals surface area contributed by atoms with Crippen molar-refractivity contribution in [2.75, 3.05) is 11.6 Å². The zero-order chi connectivity index (χ0) is 25.6. The first kappa shape index (κ1) is 28.6. The molecule has 1 amide bonds. The highest BCUT2D eigenvalue weighted by atomic mass is 32.2. The van der Waals surface area contributed by atoms with Crippen LogP contribution in [0.4, 0.5) is 10.5 Å². The number of nitrogens with two attached hydrogens (primary N) is 1. The minimum absolute atomic E-state index is 0.166. The van der Waals surface area contributed by atoms with Gasteiger partial charge in [0, 0.05) is 4.90 Å². The van der Waals surface area contributed by atoms with E-state index in [-0.39, 0.29) is 17.9 Å². The minimum atomic E-state index is -0.773. The van der Waals surface area contributed by atoms with Gasteiger partial charge < -0.3 is 19.9 Å². The molecule has 0 aliphatic carbocycles. The molecule has 0 aromatic heterocycles. The number of hydrazone groups is 1. The zero-order valence-corrected chi connectivity index (χ0v) is 22.3.